The van der Waals surface area contributed by atoms with Crippen molar-refractivity contribution in [1.29, 1.82) is 5.26 Å². The van der Waals surface area contributed by atoms with Crippen LogP contribution in [0.4, 0.5) is 13.2 Å². The van der Waals surface area contributed by atoms with Crippen LogP contribution >= 0.6 is 0 Å². The Morgan fingerprint density at radius 3 is 2.62 bits per heavy atom. The molecule has 0 spiro atoms. The summed E-state index contributed by atoms with van der Waals surface area (Å²) >= 11 is 0. The van der Waals surface area contributed by atoms with Gasteiger partial charge in [0.2, 0.25) is 0 Å². The number of carbonyl (C=O) groups is 1. The third kappa shape index (κ3) is 6.02. The number of nitriles is 1. The van der Waals surface area contributed by atoms with E-state index in [0.29, 0.717) is 11.3 Å². The lowest BCUT2D eigenvalue weighted by atomic mass is 10.0. The third-order valence-electron chi connectivity index (χ3n) is 4.99. The van der Waals surface area contributed by atoms with Crippen molar-refractivity contribution in [2.75, 3.05) is 0 Å². The standard InChI is InChI=1S/C23H25F3N6O2/c1-13(2)34-15(4)20-8-21(31-30-20)22(33)29-14(3)11-32-12-18(10-28-32)16-5-6-17(9-27)19(7-16)23(24,25)26/h5-8,10,12-15H,11H2,1-4H3,(H,29,33)(H,30,31). The lowest BCUT2D eigenvalue weighted by Gasteiger charge is -2.14. The van der Waals surface area contributed by atoms with Crippen LogP contribution in [0.5, 0.6) is 0 Å². The summed E-state index contributed by atoms with van der Waals surface area (Å²) in [5.74, 6) is -0.374. The number of aromatic amines is 1. The highest BCUT2D eigenvalue weighted by molar-refractivity contribution is 5.92. The molecule has 0 aliphatic heterocycles. The van der Waals surface area contributed by atoms with Crippen molar-refractivity contribution in [2.24, 2.45) is 0 Å². The van der Waals surface area contributed by atoms with Crippen molar-refractivity contribution < 1.29 is 22.7 Å². The second kappa shape index (κ2) is 10.1. The fraction of sp³-hybridized carbons (Fsp3) is 0.391. The number of aromatic nitrogens is 4. The zero-order chi connectivity index (χ0) is 25.0. The smallest absolute Gasteiger partial charge is 0.370 e. The average molecular weight is 474 g/mol. The molecule has 3 aromatic rings. The number of amides is 1. The minimum absolute atomic E-state index is 0.0268. The molecule has 1 aromatic carbocycles. The molecule has 180 valence electrons. The minimum Gasteiger partial charge on any atom is -0.370 e. The summed E-state index contributed by atoms with van der Waals surface area (Å²) < 4.78 is 46.9. The quantitative estimate of drug-likeness (QED) is 0.501. The van der Waals surface area contributed by atoms with Crippen LogP contribution in [-0.2, 0) is 17.5 Å². The monoisotopic (exact) mass is 474 g/mol. The lowest BCUT2D eigenvalue weighted by Crippen LogP contribution is -2.36. The van der Waals surface area contributed by atoms with E-state index in [-0.39, 0.29) is 42.0 Å². The van der Waals surface area contributed by atoms with Crippen LogP contribution in [-0.4, -0.2) is 38.0 Å². The number of nitrogens with zero attached hydrogens (tertiary/aromatic N) is 4. The molecule has 2 N–H and O–H groups in total. The van der Waals surface area contributed by atoms with E-state index < -0.39 is 17.3 Å². The fourth-order valence-corrected chi connectivity index (χ4v) is 3.44. The summed E-state index contributed by atoms with van der Waals surface area (Å²) in [6.45, 7) is 7.76. The molecular weight excluding hydrogens is 449 g/mol. The van der Waals surface area contributed by atoms with E-state index in [4.69, 9.17) is 10.00 Å². The summed E-state index contributed by atoms with van der Waals surface area (Å²) in [7, 11) is 0. The Hall–Kier alpha value is -3.65. The van der Waals surface area contributed by atoms with Crippen molar-refractivity contribution in [3.05, 3.63) is 59.2 Å². The van der Waals surface area contributed by atoms with Crippen molar-refractivity contribution in [2.45, 2.75) is 58.7 Å². The molecule has 0 aliphatic rings. The Morgan fingerprint density at radius 2 is 1.97 bits per heavy atom. The number of benzene rings is 1. The van der Waals surface area contributed by atoms with Gasteiger partial charge in [-0.2, -0.15) is 28.6 Å². The van der Waals surface area contributed by atoms with E-state index in [9.17, 15) is 18.0 Å². The SMILES string of the molecule is CC(Cn1cc(-c2ccc(C#N)c(C(F)(F)F)c2)cn1)NC(=O)c1cc(C(C)OC(C)C)[nH]n1. The van der Waals surface area contributed by atoms with E-state index >= 15 is 0 Å². The van der Waals surface area contributed by atoms with Gasteiger partial charge in [0.25, 0.3) is 5.91 Å². The predicted molar refractivity (Wildman–Crippen MR) is 118 cm³/mol. The Kier molecular flexibility index (Phi) is 7.41. The molecule has 2 heterocycles. The second-order valence-electron chi connectivity index (χ2n) is 8.23. The van der Waals surface area contributed by atoms with E-state index in [1.54, 1.807) is 25.3 Å². The molecule has 11 heteroatoms. The number of hydrogen-bond donors (Lipinski definition) is 2. The molecule has 0 saturated heterocycles. The molecule has 2 unspecified atom stereocenters. The van der Waals surface area contributed by atoms with Crippen molar-refractivity contribution in [1.82, 2.24) is 25.3 Å². The number of rotatable bonds is 8. The zero-order valence-electron chi connectivity index (χ0n) is 19.1. The van der Waals surface area contributed by atoms with Gasteiger partial charge in [0.05, 0.1) is 47.8 Å². The van der Waals surface area contributed by atoms with Gasteiger partial charge in [-0.1, -0.05) is 6.07 Å². The predicted octanol–water partition coefficient (Wildman–Crippen LogP) is 4.47. The highest BCUT2D eigenvalue weighted by atomic mass is 19.4. The van der Waals surface area contributed by atoms with Crippen LogP contribution in [0.1, 0.15) is 61.1 Å². The number of alkyl halides is 3. The minimum atomic E-state index is -4.64. The molecule has 8 nitrogen and oxygen atoms in total. The highest BCUT2D eigenvalue weighted by Crippen LogP contribution is 2.34. The number of hydrogen-bond acceptors (Lipinski definition) is 5. The maximum absolute atomic E-state index is 13.2. The highest BCUT2D eigenvalue weighted by Gasteiger charge is 2.34. The summed E-state index contributed by atoms with van der Waals surface area (Å²) in [5.41, 5.74) is 0.225. The lowest BCUT2D eigenvalue weighted by molar-refractivity contribution is -0.137. The van der Waals surface area contributed by atoms with E-state index in [1.165, 1.54) is 16.9 Å². The Bertz CT molecular complexity index is 1190. The molecule has 0 saturated carbocycles. The van der Waals surface area contributed by atoms with Crippen LogP contribution in [0.25, 0.3) is 11.1 Å². The van der Waals surface area contributed by atoms with Gasteiger partial charge in [-0.15, -0.1) is 0 Å². The first-order chi connectivity index (χ1) is 16.0. The van der Waals surface area contributed by atoms with Gasteiger partial charge in [0, 0.05) is 17.8 Å². The largest absolute Gasteiger partial charge is 0.417 e. The number of ether oxygens (including phenoxy) is 1. The van der Waals surface area contributed by atoms with Crippen LogP contribution in [0.15, 0.2) is 36.7 Å². The number of halogens is 3. The molecule has 0 aliphatic carbocycles. The van der Waals surface area contributed by atoms with Crippen LogP contribution in [0, 0.1) is 11.3 Å². The van der Waals surface area contributed by atoms with Gasteiger partial charge in [0.1, 0.15) is 5.69 Å². The number of nitrogens with one attached hydrogen (secondary N) is 2. The Morgan fingerprint density at radius 1 is 1.24 bits per heavy atom. The van der Waals surface area contributed by atoms with Crippen molar-refractivity contribution in [3.8, 4) is 17.2 Å². The van der Waals surface area contributed by atoms with Gasteiger partial charge in [-0.25, -0.2) is 0 Å². The van der Waals surface area contributed by atoms with Gasteiger partial charge in [0.15, 0.2) is 0 Å². The maximum Gasteiger partial charge on any atom is 0.417 e. The fourth-order valence-electron chi connectivity index (χ4n) is 3.44. The third-order valence-corrected chi connectivity index (χ3v) is 4.99. The topological polar surface area (TPSA) is 109 Å². The molecule has 0 radical (unpaired) electrons. The van der Waals surface area contributed by atoms with E-state index in [0.717, 1.165) is 12.1 Å². The first kappa shape index (κ1) is 25.0. The first-order valence-electron chi connectivity index (χ1n) is 10.6. The van der Waals surface area contributed by atoms with Gasteiger partial charge >= 0.3 is 6.18 Å². The summed E-state index contributed by atoms with van der Waals surface area (Å²) in [5, 5.41) is 22.8. The molecule has 3 rings (SSSR count). The van der Waals surface area contributed by atoms with Crippen LogP contribution < -0.4 is 5.32 Å². The second-order valence-corrected chi connectivity index (χ2v) is 8.23. The number of H-pyrrole nitrogens is 1. The normalized spacial score (nSPS) is 13.5. The van der Waals surface area contributed by atoms with Crippen molar-refractivity contribution >= 4 is 5.91 Å². The van der Waals surface area contributed by atoms with Crippen LogP contribution in [0.2, 0.25) is 0 Å². The molecule has 0 fully saturated rings. The van der Waals surface area contributed by atoms with E-state index in [1.807, 2.05) is 20.8 Å². The Balaban J connectivity index is 1.65. The summed E-state index contributed by atoms with van der Waals surface area (Å²) in [6.07, 6.45) is -1.83. The number of carbonyl (C=O) groups excluding carboxylic acids is 1. The van der Waals surface area contributed by atoms with Gasteiger partial charge < -0.3 is 10.1 Å². The van der Waals surface area contributed by atoms with Gasteiger partial charge in [-0.3, -0.25) is 14.6 Å². The molecule has 2 aromatic heterocycles. The van der Waals surface area contributed by atoms with Crippen LogP contribution in [0.3, 0.4) is 0 Å². The summed E-state index contributed by atoms with van der Waals surface area (Å²) in [6, 6.07) is 6.38. The van der Waals surface area contributed by atoms with Crippen molar-refractivity contribution in [3.63, 3.8) is 0 Å². The maximum atomic E-state index is 13.2. The van der Waals surface area contributed by atoms with E-state index in [2.05, 4.69) is 20.6 Å². The zero-order valence-corrected chi connectivity index (χ0v) is 19.1. The molecular formula is C23H25F3N6O2. The van der Waals surface area contributed by atoms with Gasteiger partial charge in [-0.05, 0) is 51.5 Å². The molecule has 2 atom stereocenters. The Labute approximate surface area is 194 Å². The molecule has 34 heavy (non-hydrogen) atoms. The first-order valence-corrected chi connectivity index (χ1v) is 10.6. The molecule has 1 amide bonds. The summed E-state index contributed by atoms with van der Waals surface area (Å²) in [4.78, 5) is 12.5. The average Bonchev–Trinajstić information content (AvgIpc) is 3.42. The molecule has 0 bridgehead atoms.